The van der Waals surface area contributed by atoms with Crippen LogP contribution in [0.3, 0.4) is 0 Å². The van der Waals surface area contributed by atoms with Crippen molar-refractivity contribution >= 4 is 12.1 Å². The maximum atomic E-state index is 13.2. The van der Waals surface area contributed by atoms with Crippen LogP contribution in [0.5, 0.6) is 5.75 Å². The number of nitrogens with one attached hydrogen (secondary N) is 2. The van der Waals surface area contributed by atoms with E-state index in [0.717, 1.165) is 11.3 Å². The average molecular weight is 447 g/mol. The predicted molar refractivity (Wildman–Crippen MR) is 131 cm³/mol. The van der Waals surface area contributed by atoms with Gasteiger partial charge in [-0.15, -0.1) is 0 Å². The summed E-state index contributed by atoms with van der Waals surface area (Å²) in [6.07, 6.45) is 8.60. The number of methoxy groups -OCH3 is 1. The molecule has 0 atom stereocenters. The van der Waals surface area contributed by atoms with E-state index >= 15 is 0 Å². The number of carbonyl (C=O) groups is 1. The molecule has 33 heavy (non-hydrogen) atoms. The van der Waals surface area contributed by atoms with Crippen molar-refractivity contribution in [3.8, 4) is 5.75 Å². The van der Waals surface area contributed by atoms with Crippen LogP contribution in [0.4, 0.5) is 0 Å². The SMILES string of the molecule is C/C=C(\Cc1ccccc1)N1N=CC=C/C1=C(/CC)C(=O)NCc1c(OC)cc(C)[nH]c1=O. The van der Waals surface area contributed by atoms with Gasteiger partial charge >= 0.3 is 0 Å². The number of hydrogen-bond donors (Lipinski definition) is 2. The molecule has 0 bridgehead atoms. The molecule has 172 valence electrons. The second-order valence-corrected chi connectivity index (χ2v) is 7.61. The van der Waals surface area contributed by atoms with Crippen molar-refractivity contribution in [3.63, 3.8) is 0 Å². The number of H-pyrrole nitrogens is 1. The molecule has 0 fully saturated rings. The zero-order valence-electron chi connectivity index (χ0n) is 19.5. The molecule has 0 spiro atoms. The fourth-order valence-electron chi connectivity index (χ4n) is 3.70. The van der Waals surface area contributed by atoms with Crippen molar-refractivity contribution < 1.29 is 9.53 Å². The zero-order chi connectivity index (χ0) is 23.8. The fourth-order valence-corrected chi connectivity index (χ4v) is 3.70. The standard InChI is InChI=1S/C26H30N4O3/c1-5-20(16-19-11-8-7-9-12-19)30-23(13-10-14-28-30)21(6-2)25(31)27-17-22-24(33-4)15-18(3)29-26(22)32/h5,7-15H,6,16-17H2,1-4H3,(H,27,31)(H,29,32)/b20-5+,23-21+. The monoisotopic (exact) mass is 446 g/mol. The van der Waals surface area contributed by atoms with Gasteiger partial charge in [-0.2, -0.15) is 5.10 Å². The van der Waals surface area contributed by atoms with Crippen LogP contribution in [0.15, 0.2) is 81.5 Å². The first-order valence-electron chi connectivity index (χ1n) is 11.0. The molecule has 1 aromatic heterocycles. The van der Waals surface area contributed by atoms with Crippen molar-refractivity contribution in [2.24, 2.45) is 5.10 Å². The summed E-state index contributed by atoms with van der Waals surface area (Å²) in [6.45, 7) is 5.73. The summed E-state index contributed by atoms with van der Waals surface area (Å²) in [4.78, 5) is 28.3. The molecule has 1 aliphatic rings. The van der Waals surface area contributed by atoms with Gasteiger partial charge in [0.05, 0.1) is 24.9 Å². The molecule has 1 aliphatic heterocycles. The topological polar surface area (TPSA) is 86.8 Å². The smallest absolute Gasteiger partial charge is 0.256 e. The highest BCUT2D eigenvalue weighted by Crippen LogP contribution is 2.25. The molecular formula is C26H30N4O3. The molecule has 7 nitrogen and oxygen atoms in total. The Morgan fingerprint density at radius 3 is 2.70 bits per heavy atom. The summed E-state index contributed by atoms with van der Waals surface area (Å²) >= 11 is 0. The molecule has 0 saturated carbocycles. The minimum atomic E-state index is -0.277. The van der Waals surface area contributed by atoms with Crippen LogP contribution in [0.1, 0.15) is 37.1 Å². The number of allylic oxidation sites excluding steroid dienone is 4. The van der Waals surface area contributed by atoms with Crippen molar-refractivity contribution in [1.29, 1.82) is 0 Å². The Morgan fingerprint density at radius 2 is 2.03 bits per heavy atom. The lowest BCUT2D eigenvalue weighted by Crippen LogP contribution is -2.31. The van der Waals surface area contributed by atoms with Crippen LogP contribution in [-0.4, -0.2) is 29.2 Å². The van der Waals surface area contributed by atoms with Crippen LogP contribution >= 0.6 is 0 Å². The van der Waals surface area contributed by atoms with Gasteiger partial charge < -0.3 is 15.0 Å². The Balaban J connectivity index is 1.87. The molecule has 0 unspecified atom stereocenters. The second-order valence-electron chi connectivity index (χ2n) is 7.61. The molecule has 2 heterocycles. The van der Waals surface area contributed by atoms with E-state index < -0.39 is 0 Å². The zero-order valence-corrected chi connectivity index (χ0v) is 19.5. The minimum absolute atomic E-state index is 0.0574. The first-order valence-corrected chi connectivity index (χ1v) is 11.0. The van der Waals surface area contributed by atoms with Gasteiger partial charge in [0.25, 0.3) is 5.56 Å². The van der Waals surface area contributed by atoms with Crippen LogP contribution < -0.4 is 15.6 Å². The molecule has 0 radical (unpaired) electrons. The number of pyridine rings is 1. The Kier molecular flexibility index (Phi) is 8.02. The van der Waals surface area contributed by atoms with Crippen LogP contribution in [-0.2, 0) is 17.8 Å². The molecule has 2 N–H and O–H groups in total. The summed E-state index contributed by atoms with van der Waals surface area (Å²) in [5, 5.41) is 9.23. The van der Waals surface area contributed by atoms with Crippen molar-refractivity contribution in [2.45, 2.75) is 40.2 Å². The van der Waals surface area contributed by atoms with E-state index in [-0.39, 0.29) is 18.0 Å². The van der Waals surface area contributed by atoms with Gasteiger partial charge in [-0.1, -0.05) is 43.3 Å². The molecule has 3 rings (SSSR count). The molecule has 1 aromatic carbocycles. The maximum Gasteiger partial charge on any atom is 0.256 e. The summed E-state index contributed by atoms with van der Waals surface area (Å²) < 4.78 is 5.33. The number of ether oxygens (including phenoxy) is 1. The number of carbonyl (C=O) groups excluding carboxylic acids is 1. The summed E-state index contributed by atoms with van der Waals surface area (Å²) in [6, 6.07) is 11.9. The number of aromatic nitrogens is 1. The second kappa shape index (κ2) is 11.1. The largest absolute Gasteiger partial charge is 0.496 e. The lowest BCUT2D eigenvalue weighted by molar-refractivity contribution is -0.117. The van der Waals surface area contributed by atoms with Gasteiger partial charge in [-0.25, -0.2) is 5.01 Å². The molecule has 7 heteroatoms. The maximum absolute atomic E-state index is 13.2. The van der Waals surface area contributed by atoms with E-state index in [1.165, 1.54) is 7.11 Å². The van der Waals surface area contributed by atoms with Crippen LogP contribution in [0, 0.1) is 6.92 Å². The highest BCUT2D eigenvalue weighted by atomic mass is 16.5. The first-order chi connectivity index (χ1) is 16.0. The number of benzene rings is 1. The van der Waals surface area contributed by atoms with Crippen LogP contribution in [0.25, 0.3) is 0 Å². The average Bonchev–Trinajstić information content (AvgIpc) is 2.83. The Bertz CT molecular complexity index is 1170. The van der Waals surface area contributed by atoms with E-state index in [0.29, 0.717) is 41.1 Å². The summed E-state index contributed by atoms with van der Waals surface area (Å²) in [5.41, 5.74) is 4.21. The van der Waals surface area contributed by atoms with E-state index in [1.54, 1.807) is 19.2 Å². The molecular weight excluding hydrogens is 416 g/mol. The number of amides is 1. The Hall–Kier alpha value is -3.87. The third kappa shape index (κ3) is 5.68. The number of hydrazone groups is 1. The van der Waals surface area contributed by atoms with E-state index in [1.807, 2.05) is 55.3 Å². The predicted octanol–water partition coefficient (Wildman–Crippen LogP) is 3.98. The van der Waals surface area contributed by atoms with E-state index in [4.69, 9.17) is 4.74 Å². The lowest BCUT2D eigenvalue weighted by Gasteiger charge is -2.27. The number of hydrogen-bond acceptors (Lipinski definition) is 5. The van der Waals surface area contributed by atoms with Crippen molar-refractivity contribution in [1.82, 2.24) is 15.3 Å². The Labute approximate surface area is 194 Å². The van der Waals surface area contributed by atoms with Gasteiger partial charge in [-0.05, 0) is 44.1 Å². The first kappa shape index (κ1) is 23.8. The van der Waals surface area contributed by atoms with E-state index in [2.05, 4.69) is 27.5 Å². The number of nitrogens with zero attached hydrogens (tertiary/aromatic N) is 2. The van der Waals surface area contributed by atoms with Crippen molar-refractivity contribution in [3.05, 3.63) is 98.8 Å². The van der Waals surface area contributed by atoms with Gasteiger partial charge in [-0.3, -0.25) is 9.59 Å². The number of rotatable bonds is 8. The fraction of sp³-hybridized carbons (Fsp3) is 0.269. The molecule has 1 amide bonds. The van der Waals surface area contributed by atoms with E-state index in [9.17, 15) is 9.59 Å². The lowest BCUT2D eigenvalue weighted by atomic mass is 10.1. The van der Waals surface area contributed by atoms with Gasteiger partial charge in [0.1, 0.15) is 5.75 Å². The summed E-state index contributed by atoms with van der Waals surface area (Å²) in [7, 11) is 1.51. The highest BCUT2D eigenvalue weighted by Gasteiger charge is 2.22. The minimum Gasteiger partial charge on any atom is -0.496 e. The number of aromatic amines is 1. The Morgan fingerprint density at radius 1 is 1.27 bits per heavy atom. The van der Waals surface area contributed by atoms with Crippen LogP contribution in [0.2, 0.25) is 0 Å². The van der Waals surface area contributed by atoms with Crippen molar-refractivity contribution in [2.75, 3.05) is 7.11 Å². The van der Waals surface area contributed by atoms with Gasteiger partial charge in [0, 0.05) is 29.6 Å². The van der Waals surface area contributed by atoms with Gasteiger partial charge in [0.2, 0.25) is 5.91 Å². The van der Waals surface area contributed by atoms with Gasteiger partial charge in [0.15, 0.2) is 0 Å². The molecule has 0 saturated heterocycles. The molecule has 0 aliphatic carbocycles. The highest BCUT2D eigenvalue weighted by molar-refractivity contribution is 5.95. The third-order valence-electron chi connectivity index (χ3n) is 5.40. The third-order valence-corrected chi connectivity index (χ3v) is 5.40. The quantitative estimate of drug-likeness (QED) is 0.601. The summed E-state index contributed by atoms with van der Waals surface area (Å²) in [5.74, 6) is 0.196. The molecule has 2 aromatic rings. The number of aryl methyl sites for hydroxylation is 1. The normalized spacial score (nSPS) is 14.9.